The van der Waals surface area contributed by atoms with Crippen LogP contribution in [-0.4, -0.2) is 17.9 Å². The number of unbranched alkanes of at least 4 members (excludes halogenated alkanes) is 4. The highest BCUT2D eigenvalue weighted by Crippen LogP contribution is 2.20. The van der Waals surface area contributed by atoms with Gasteiger partial charge in [0.2, 0.25) is 0 Å². The Labute approximate surface area is 164 Å². The van der Waals surface area contributed by atoms with Crippen LogP contribution in [0, 0.1) is 0 Å². The fraction of sp³-hybridized carbons (Fsp3) is 0.318. The summed E-state index contributed by atoms with van der Waals surface area (Å²) in [6, 6.07) is 14.3. The van der Waals surface area contributed by atoms with Gasteiger partial charge in [0.1, 0.15) is 11.3 Å². The van der Waals surface area contributed by atoms with E-state index in [9.17, 15) is 14.4 Å². The summed E-state index contributed by atoms with van der Waals surface area (Å²) in [6.07, 6.45) is 5.33. The lowest BCUT2D eigenvalue weighted by molar-refractivity contribution is -0.187. The van der Waals surface area contributed by atoms with Crippen molar-refractivity contribution in [3.63, 3.8) is 0 Å². The monoisotopic (exact) mass is 384 g/mol. The Balaban J connectivity index is 1.88. The Hall–Kier alpha value is -3.15. The van der Waals surface area contributed by atoms with E-state index < -0.39 is 17.9 Å². The molecule has 6 heteroatoms. The van der Waals surface area contributed by atoms with E-state index in [1.165, 1.54) is 24.3 Å². The second kappa shape index (κ2) is 11.5. The van der Waals surface area contributed by atoms with Crippen LogP contribution in [-0.2, 0) is 14.6 Å². The second-order valence-electron chi connectivity index (χ2n) is 6.24. The molecule has 0 saturated heterocycles. The lowest BCUT2D eigenvalue weighted by atomic mass is 10.1. The zero-order chi connectivity index (χ0) is 20.2. The number of para-hydroxylation sites is 1. The summed E-state index contributed by atoms with van der Waals surface area (Å²) in [6.45, 7) is 2.13. The number of hydrogen-bond donors (Lipinski definition) is 0. The molecule has 28 heavy (non-hydrogen) atoms. The van der Waals surface area contributed by atoms with Crippen LogP contribution in [0.4, 0.5) is 0 Å². The zero-order valence-electron chi connectivity index (χ0n) is 15.9. The van der Waals surface area contributed by atoms with Crippen molar-refractivity contribution in [1.82, 2.24) is 0 Å². The lowest BCUT2D eigenvalue weighted by Gasteiger charge is -2.09. The van der Waals surface area contributed by atoms with Crippen molar-refractivity contribution in [3.05, 3.63) is 65.7 Å². The van der Waals surface area contributed by atoms with Gasteiger partial charge in [-0.2, -0.15) is 0 Å². The predicted molar refractivity (Wildman–Crippen MR) is 103 cm³/mol. The van der Waals surface area contributed by atoms with Crippen LogP contribution in [0.5, 0.6) is 5.75 Å². The summed E-state index contributed by atoms with van der Waals surface area (Å²) in [5.41, 5.74) is 0.251. The summed E-state index contributed by atoms with van der Waals surface area (Å²) in [5.74, 6) is -2.06. The molecule has 0 aliphatic rings. The van der Waals surface area contributed by atoms with E-state index in [2.05, 4.69) is 16.7 Å². The molecule has 0 radical (unpaired) electrons. The molecule has 148 valence electrons. The van der Waals surface area contributed by atoms with E-state index in [4.69, 9.17) is 4.74 Å². The predicted octanol–water partition coefficient (Wildman–Crippen LogP) is 4.88. The van der Waals surface area contributed by atoms with Crippen molar-refractivity contribution < 1.29 is 28.9 Å². The molecule has 0 aliphatic carbocycles. The highest BCUT2D eigenvalue weighted by molar-refractivity contribution is 5.94. The Morgan fingerprint density at radius 3 is 2.14 bits per heavy atom. The van der Waals surface area contributed by atoms with Crippen molar-refractivity contribution in [3.8, 4) is 5.75 Å². The van der Waals surface area contributed by atoms with Gasteiger partial charge in [0.15, 0.2) is 0 Å². The Morgan fingerprint density at radius 2 is 1.39 bits per heavy atom. The molecule has 0 spiro atoms. The standard InChI is InChI=1S/C22H24O6/c1-2-3-4-5-9-16-20(23)26-19-15-11-10-14-18(19)22(25)28-27-21(24)17-12-7-6-8-13-17/h6-8,10-15H,2-5,9,16H2,1H3. The van der Waals surface area contributed by atoms with Gasteiger partial charge in [-0.15, -0.1) is 0 Å². The van der Waals surface area contributed by atoms with Crippen molar-refractivity contribution in [2.75, 3.05) is 0 Å². The van der Waals surface area contributed by atoms with E-state index >= 15 is 0 Å². The Bertz CT molecular complexity index is 785. The molecule has 2 aromatic rings. The molecular weight excluding hydrogens is 360 g/mol. The van der Waals surface area contributed by atoms with E-state index in [1.54, 1.807) is 30.3 Å². The van der Waals surface area contributed by atoms with Gasteiger partial charge in [0.05, 0.1) is 5.56 Å². The SMILES string of the molecule is CCCCCCCC(=O)Oc1ccccc1C(=O)OOC(=O)c1ccccc1. The first-order chi connectivity index (χ1) is 13.6. The molecule has 0 aromatic heterocycles. The maximum atomic E-state index is 12.2. The largest absolute Gasteiger partial charge is 0.426 e. The Morgan fingerprint density at radius 1 is 0.750 bits per heavy atom. The number of ether oxygens (including phenoxy) is 1. The highest BCUT2D eigenvalue weighted by Gasteiger charge is 2.19. The summed E-state index contributed by atoms with van der Waals surface area (Å²) in [5, 5.41) is 0. The van der Waals surface area contributed by atoms with Gasteiger partial charge in [-0.25, -0.2) is 19.4 Å². The van der Waals surface area contributed by atoms with Crippen LogP contribution in [0.25, 0.3) is 0 Å². The van der Waals surface area contributed by atoms with Crippen LogP contribution in [0.2, 0.25) is 0 Å². The molecule has 0 atom stereocenters. The van der Waals surface area contributed by atoms with E-state index in [0.717, 1.165) is 32.1 Å². The minimum atomic E-state index is -0.921. The molecule has 0 heterocycles. The number of rotatable bonds is 9. The molecule has 0 amide bonds. The summed E-state index contributed by atoms with van der Waals surface area (Å²) in [4.78, 5) is 45.3. The van der Waals surface area contributed by atoms with E-state index in [-0.39, 0.29) is 23.3 Å². The molecule has 6 nitrogen and oxygen atoms in total. The minimum absolute atomic E-state index is 0.00250. The fourth-order valence-electron chi connectivity index (χ4n) is 2.51. The fourth-order valence-corrected chi connectivity index (χ4v) is 2.51. The van der Waals surface area contributed by atoms with Gasteiger partial charge in [0.25, 0.3) is 0 Å². The van der Waals surface area contributed by atoms with Crippen LogP contribution < -0.4 is 4.74 Å². The third-order valence-electron chi connectivity index (χ3n) is 4.02. The first-order valence-electron chi connectivity index (χ1n) is 9.39. The van der Waals surface area contributed by atoms with Gasteiger partial charge in [-0.05, 0) is 30.7 Å². The summed E-state index contributed by atoms with van der Waals surface area (Å²) in [7, 11) is 0. The number of benzene rings is 2. The Kier molecular flexibility index (Phi) is 8.72. The minimum Gasteiger partial charge on any atom is -0.426 e. The van der Waals surface area contributed by atoms with Crippen molar-refractivity contribution in [2.24, 2.45) is 0 Å². The molecule has 0 aliphatic heterocycles. The number of carbonyl (C=O) groups is 3. The van der Waals surface area contributed by atoms with Crippen molar-refractivity contribution in [2.45, 2.75) is 45.4 Å². The average Bonchev–Trinajstić information content (AvgIpc) is 2.72. The molecule has 0 N–H and O–H groups in total. The van der Waals surface area contributed by atoms with Gasteiger partial charge in [-0.1, -0.05) is 62.9 Å². The topological polar surface area (TPSA) is 78.9 Å². The highest BCUT2D eigenvalue weighted by atomic mass is 17.2. The first kappa shape index (κ1) is 21.2. The molecule has 0 fully saturated rings. The number of carbonyl (C=O) groups excluding carboxylic acids is 3. The first-order valence-corrected chi connectivity index (χ1v) is 9.39. The van der Waals surface area contributed by atoms with Gasteiger partial charge >= 0.3 is 17.9 Å². The van der Waals surface area contributed by atoms with Crippen LogP contribution >= 0.6 is 0 Å². The van der Waals surface area contributed by atoms with Crippen LogP contribution in [0.1, 0.15) is 66.2 Å². The number of esters is 1. The number of hydrogen-bond acceptors (Lipinski definition) is 6. The van der Waals surface area contributed by atoms with E-state index in [0.29, 0.717) is 0 Å². The molecular formula is C22H24O6. The van der Waals surface area contributed by atoms with Gasteiger partial charge in [-0.3, -0.25) is 4.79 Å². The van der Waals surface area contributed by atoms with Gasteiger partial charge in [0, 0.05) is 6.42 Å². The maximum absolute atomic E-state index is 12.2. The summed E-state index contributed by atoms with van der Waals surface area (Å²) >= 11 is 0. The zero-order valence-corrected chi connectivity index (χ0v) is 15.9. The van der Waals surface area contributed by atoms with Gasteiger partial charge < -0.3 is 4.74 Å². The van der Waals surface area contributed by atoms with E-state index in [1.807, 2.05) is 0 Å². The lowest BCUT2D eigenvalue weighted by Crippen LogP contribution is -2.15. The maximum Gasteiger partial charge on any atom is 0.390 e. The molecule has 0 unspecified atom stereocenters. The molecule has 0 bridgehead atoms. The smallest absolute Gasteiger partial charge is 0.390 e. The third kappa shape index (κ3) is 6.87. The average molecular weight is 384 g/mol. The quantitative estimate of drug-likeness (QED) is 0.202. The van der Waals surface area contributed by atoms with Crippen molar-refractivity contribution in [1.29, 1.82) is 0 Å². The summed E-state index contributed by atoms with van der Waals surface area (Å²) < 4.78 is 5.28. The molecule has 2 aromatic carbocycles. The van der Waals surface area contributed by atoms with Crippen LogP contribution in [0.15, 0.2) is 54.6 Å². The molecule has 2 rings (SSSR count). The second-order valence-corrected chi connectivity index (χ2v) is 6.24. The molecule has 0 saturated carbocycles. The van der Waals surface area contributed by atoms with Crippen LogP contribution in [0.3, 0.4) is 0 Å². The third-order valence-corrected chi connectivity index (χ3v) is 4.02. The van der Waals surface area contributed by atoms with Crippen molar-refractivity contribution >= 4 is 17.9 Å². The normalized spacial score (nSPS) is 10.2.